The zero-order valence-corrected chi connectivity index (χ0v) is 18.4. The van der Waals surface area contributed by atoms with Gasteiger partial charge in [0, 0.05) is 37.9 Å². The van der Waals surface area contributed by atoms with Gasteiger partial charge in [0.2, 0.25) is 0 Å². The Morgan fingerprint density at radius 1 is 0.714 bits per heavy atom. The van der Waals surface area contributed by atoms with Crippen molar-refractivity contribution < 1.29 is 0 Å². The Kier molecular flexibility index (Phi) is 7.39. The molecule has 0 aliphatic rings. The second-order valence-corrected chi connectivity index (χ2v) is 7.86. The Hall–Kier alpha value is -1.99. The largest absolute Gasteiger partial charge is 0.324 e. The normalized spacial score (nSPS) is 11.2. The molecule has 0 radical (unpaired) electrons. The molecule has 5 nitrogen and oxygen atoms in total. The summed E-state index contributed by atoms with van der Waals surface area (Å²) in [6.45, 7) is 7.72. The number of hydrogen-bond donors (Lipinski definition) is 0. The lowest BCUT2D eigenvalue weighted by molar-refractivity contribution is 0.604. The summed E-state index contributed by atoms with van der Waals surface area (Å²) < 4.78 is 10.2. The van der Waals surface area contributed by atoms with Gasteiger partial charge in [0.1, 0.15) is 0 Å². The number of rotatable bonds is 10. The second-order valence-electron chi connectivity index (χ2n) is 7.13. The van der Waals surface area contributed by atoms with E-state index in [0.29, 0.717) is 13.1 Å². The van der Waals surface area contributed by atoms with Crippen LogP contribution in [-0.4, -0.2) is 23.3 Å². The molecule has 0 atom stereocenters. The monoisotopic (exact) mass is 415 g/mol. The molecular weight excluding hydrogens is 386 g/mol. The fourth-order valence-electron chi connectivity index (χ4n) is 3.20. The fourth-order valence-corrected chi connectivity index (χ4v) is 3.75. The SMILES string of the molecule is CCCCn1ccn(Cc2cccc(Cn3ccn(CCCC)c3=S)n2)c1=S. The summed E-state index contributed by atoms with van der Waals surface area (Å²) in [6, 6.07) is 6.17. The predicted molar refractivity (Wildman–Crippen MR) is 119 cm³/mol. The van der Waals surface area contributed by atoms with E-state index in [1.165, 1.54) is 12.8 Å². The van der Waals surface area contributed by atoms with Crippen molar-refractivity contribution in [3.05, 3.63) is 63.9 Å². The minimum Gasteiger partial charge on any atom is -0.324 e. The molecule has 150 valence electrons. The Labute approximate surface area is 177 Å². The van der Waals surface area contributed by atoms with Gasteiger partial charge < -0.3 is 18.3 Å². The quantitative estimate of drug-likeness (QED) is 0.413. The van der Waals surface area contributed by atoms with Crippen LogP contribution in [0.15, 0.2) is 43.0 Å². The first-order chi connectivity index (χ1) is 13.6. The highest BCUT2D eigenvalue weighted by molar-refractivity contribution is 7.71. The van der Waals surface area contributed by atoms with Crippen molar-refractivity contribution in [2.75, 3.05) is 0 Å². The number of pyridine rings is 1. The molecule has 7 heteroatoms. The van der Waals surface area contributed by atoms with Crippen LogP contribution in [0.5, 0.6) is 0 Å². The van der Waals surface area contributed by atoms with E-state index >= 15 is 0 Å². The molecule has 0 N–H and O–H groups in total. The van der Waals surface area contributed by atoms with E-state index in [4.69, 9.17) is 29.4 Å². The van der Waals surface area contributed by atoms with Crippen LogP contribution in [0.1, 0.15) is 50.9 Å². The van der Waals surface area contributed by atoms with Crippen molar-refractivity contribution in [3.63, 3.8) is 0 Å². The summed E-state index contributed by atoms with van der Waals surface area (Å²) in [5.74, 6) is 0. The zero-order chi connectivity index (χ0) is 19.9. The summed E-state index contributed by atoms with van der Waals surface area (Å²) in [7, 11) is 0. The lowest BCUT2D eigenvalue weighted by atomic mass is 10.3. The minimum atomic E-state index is 0.689. The average Bonchev–Trinajstić information content (AvgIpc) is 3.22. The van der Waals surface area contributed by atoms with Crippen LogP contribution in [0.2, 0.25) is 0 Å². The maximum atomic E-state index is 5.61. The smallest absolute Gasteiger partial charge is 0.180 e. The molecule has 3 rings (SSSR count). The van der Waals surface area contributed by atoms with E-state index in [2.05, 4.69) is 75.1 Å². The van der Waals surface area contributed by atoms with Crippen molar-refractivity contribution >= 4 is 24.4 Å². The summed E-state index contributed by atoms with van der Waals surface area (Å²) in [6.07, 6.45) is 12.9. The molecule has 0 aliphatic heterocycles. The lowest BCUT2D eigenvalue weighted by Gasteiger charge is -2.08. The average molecular weight is 416 g/mol. The molecule has 0 saturated carbocycles. The fraction of sp³-hybridized carbons (Fsp3) is 0.476. The van der Waals surface area contributed by atoms with E-state index < -0.39 is 0 Å². The van der Waals surface area contributed by atoms with E-state index in [9.17, 15) is 0 Å². The van der Waals surface area contributed by atoms with Gasteiger partial charge in [-0.2, -0.15) is 0 Å². The van der Waals surface area contributed by atoms with Gasteiger partial charge >= 0.3 is 0 Å². The third-order valence-corrected chi connectivity index (χ3v) is 5.81. The zero-order valence-electron chi connectivity index (χ0n) is 16.8. The van der Waals surface area contributed by atoms with Gasteiger partial charge in [-0.05, 0) is 49.4 Å². The Balaban J connectivity index is 1.71. The highest BCUT2D eigenvalue weighted by Gasteiger charge is 2.05. The van der Waals surface area contributed by atoms with Crippen LogP contribution in [0.3, 0.4) is 0 Å². The van der Waals surface area contributed by atoms with Gasteiger partial charge in [0.05, 0.1) is 24.5 Å². The topological polar surface area (TPSA) is 32.6 Å². The number of nitrogens with zero attached hydrogens (tertiary/aromatic N) is 5. The molecule has 0 fully saturated rings. The molecule has 0 spiro atoms. The maximum absolute atomic E-state index is 5.61. The predicted octanol–water partition coefficient (Wildman–Crippen LogP) is 5.44. The van der Waals surface area contributed by atoms with Crippen LogP contribution >= 0.6 is 24.4 Å². The van der Waals surface area contributed by atoms with Gasteiger partial charge in [0.15, 0.2) is 9.54 Å². The lowest BCUT2D eigenvalue weighted by Crippen LogP contribution is -2.07. The highest BCUT2D eigenvalue weighted by atomic mass is 32.1. The van der Waals surface area contributed by atoms with E-state index in [-0.39, 0.29) is 0 Å². The molecule has 0 saturated heterocycles. The molecule has 0 aliphatic carbocycles. The van der Waals surface area contributed by atoms with Gasteiger partial charge in [-0.15, -0.1) is 0 Å². The van der Waals surface area contributed by atoms with Gasteiger partial charge in [-0.3, -0.25) is 4.98 Å². The molecule has 3 heterocycles. The molecule has 0 aromatic carbocycles. The molecule has 0 bridgehead atoms. The highest BCUT2D eigenvalue weighted by Crippen LogP contribution is 2.09. The number of imidazole rings is 2. The number of aryl methyl sites for hydroxylation is 2. The first-order valence-corrected chi connectivity index (χ1v) is 10.9. The van der Waals surface area contributed by atoms with Crippen molar-refractivity contribution in [1.29, 1.82) is 0 Å². The molecule has 3 aromatic rings. The van der Waals surface area contributed by atoms with Crippen LogP contribution in [0.4, 0.5) is 0 Å². The molecule has 0 amide bonds. The number of hydrogen-bond acceptors (Lipinski definition) is 3. The summed E-state index contributed by atoms with van der Waals surface area (Å²) in [4.78, 5) is 4.84. The molecular formula is C21H29N5S2. The molecule has 0 unspecified atom stereocenters. The Morgan fingerprint density at radius 3 is 1.57 bits per heavy atom. The van der Waals surface area contributed by atoms with Gasteiger partial charge in [0.25, 0.3) is 0 Å². The van der Waals surface area contributed by atoms with Crippen LogP contribution in [0, 0.1) is 9.54 Å². The summed E-state index contributed by atoms with van der Waals surface area (Å²) >= 11 is 11.2. The maximum Gasteiger partial charge on any atom is 0.180 e. The molecule has 28 heavy (non-hydrogen) atoms. The standard InChI is InChI=1S/C21H29N5S2/c1-3-5-10-23-12-14-25(20(23)27)16-18-8-7-9-19(22-18)17-26-15-13-24(21(26)28)11-6-4-2/h7-9,12-15H,3-6,10-11,16-17H2,1-2H3. The van der Waals surface area contributed by atoms with Crippen LogP contribution in [0.25, 0.3) is 0 Å². The minimum absolute atomic E-state index is 0.689. The summed E-state index contributed by atoms with van der Waals surface area (Å²) in [5, 5.41) is 0. The first-order valence-electron chi connectivity index (χ1n) is 10.1. The van der Waals surface area contributed by atoms with Crippen molar-refractivity contribution in [2.45, 2.75) is 65.7 Å². The van der Waals surface area contributed by atoms with E-state index in [1.807, 2.05) is 0 Å². The van der Waals surface area contributed by atoms with Crippen molar-refractivity contribution in [2.24, 2.45) is 0 Å². The Morgan fingerprint density at radius 2 is 1.14 bits per heavy atom. The van der Waals surface area contributed by atoms with Gasteiger partial charge in [-0.25, -0.2) is 0 Å². The summed E-state index contributed by atoms with van der Waals surface area (Å²) in [5.41, 5.74) is 2.03. The number of unbranched alkanes of at least 4 members (excludes halogenated alkanes) is 2. The third-order valence-electron chi connectivity index (χ3n) is 4.87. The van der Waals surface area contributed by atoms with Crippen molar-refractivity contribution in [3.8, 4) is 0 Å². The van der Waals surface area contributed by atoms with Crippen molar-refractivity contribution in [1.82, 2.24) is 23.3 Å². The van der Waals surface area contributed by atoms with Crippen LogP contribution < -0.4 is 0 Å². The van der Waals surface area contributed by atoms with E-state index in [0.717, 1.165) is 46.9 Å². The molecule has 3 aromatic heterocycles. The number of aromatic nitrogens is 5. The third kappa shape index (κ3) is 5.08. The first kappa shape index (κ1) is 20.7. The van der Waals surface area contributed by atoms with Crippen LogP contribution in [-0.2, 0) is 26.2 Å². The van der Waals surface area contributed by atoms with E-state index in [1.54, 1.807) is 0 Å². The second kappa shape index (κ2) is 9.98. The van der Waals surface area contributed by atoms with Gasteiger partial charge in [-0.1, -0.05) is 32.8 Å². The Bertz CT molecular complexity index is 931.